The molecule has 0 aliphatic carbocycles. The molecule has 2 aromatic rings. The summed E-state index contributed by atoms with van der Waals surface area (Å²) in [5.74, 6) is 1.00. The third-order valence-corrected chi connectivity index (χ3v) is 4.69. The average molecular weight is 500 g/mol. The van der Waals surface area contributed by atoms with Crippen LogP contribution >= 0.6 is 35.3 Å². The second-order valence-corrected chi connectivity index (χ2v) is 6.90. The van der Waals surface area contributed by atoms with Gasteiger partial charge in [-0.3, -0.25) is 4.79 Å². The third kappa shape index (κ3) is 9.23. The van der Waals surface area contributed by atoms with E-state index in [1.165, 1.54) is 11.1 Å². The monoisotopic (exact) mass is 500 g/mol. The molecule has 2 rings (SSSR count). The van der Waals surface area contributed by atoms with Crippen LogP contribution in [0.3, 0.4) is 0 Å². The first-order chi connectivity index (χ1) is 12.7. The van der Waals surface area contributed by atoms with Crippen molar-refractivity contribution in [3.8, 4) is 0 Å². The summed E-state index contributed by atoms with van der Waals surface area (Å²) in [4.78, 5) is 16.4. The lowest BCUT2D eigenvalue weighted by Crippen LogP contribution is -2.40. The fourth-order valence-electron chi connectivity index (χ4n) is 2.46. The molecule has 0 spiro atoms. The zero-order valence-electron chi connectivity index (χ0n) is 15.9. The lowest BCUT2D eigenvalue weighted by Gasteiger charge is -2.15. The Balaban J connectivity index is 0.00000364. The third-order valence-electron chi connectivity index (χ3n) is 3.99. The SMILES string of the molecule is CCNC(=NCC(=O)NCCc1ccccc1)NCC(C)c1ccsc1.I. The van der Waals surface area contributed by atoms with E-state index in [1.807, 2.05) is 25.1 Å². The second-order valence-electron chi connectivity index (χ2n) is 6.12. The summed E-state index contributed by atoms with van der Waals surface area (Å²) < 4.78 is 0. The molecule has 0 saturated heterocycles. The molecule has 3 N–H and O–H groups in total. The van der Waals surface area contributed by atoms with Gasteiger partial charge >= 0.3 is 0 Å². The van der Waals surface area contributed by atoms with Gasteiger partial charge in [0.25, 0.3) is 0 Å². The Labute approximate surface area is 183 Å². The molecule has 1 atom stereocenters. The van der Waals surface area contributed by atoms with Crippen molar-refractivity contribution in [1.29, 1.82) is 0 Å². The number of amides is 1. The smallest absolute Gasteiger partial charge is 0.241 e. The van der Waals surface area contributed by atoms with Gasteiger partial charge in [-0.2, -0.15) is 11.3 Å². The largest absolute Gasteiger partial charge is 0.357 e. The lowest BCUT2D eigenvalue weighted by atomic mass is 10.1. The minimum absolute atomic E-state index is 0. The molecule has 7 heteroatoms. The van der Waals surface area contributed by atoms with E-state index in [4.69, 9.17) is 0 Å². The van der Waals surface area contributed by atoms with Crippen molar-refractivity contribution < 1.29 is 4.79 Å². The molecule has 1 unspecified atom stereocenters. The van der Waals surface area contributed by atoms with Crippen molar-refractivity contribution in [2.45, 2.75) is 26.2 Å². The molecular formula is C20H29IN4OS. The average Bonchev–Trinajstić information content (AvgIpc) is 3.19. The minimum Gasteiger partial charge on any atom is -0.357 e. The number of halogens is 1. The van der Waals surface area contributed by atoms with Crippen LogP contribution < -0.4 is 16.0 Å². The molecule has 5 nitrogen and oxygen atoms in total. The van der Waals surface area contributed by atoms with Crippen LogP contribution in [0.1, 0.15) is 30.9 Å². The number of aliphatic imine (C=N–C) groups is 1. The van der Waals surface area contributed by atoms with Gasteiger partial charge in [0.15, 0.2) is 5.96 Å². The number of hydrogen-bond acceptors (Lipinski definition) is 3. The predicted molar refractivity (Wildman–Crippen MR) is 125 cm³/mol. The van der Waals surface area contributed by atoms with Gasteiger partial charge < -0.3 is 16.0 Å². The van der Waals surface area contributed by atoms with Gasteiger partial charge in [0.05, 0.1) is 0 Å². The van der Waals surface area contributed by atoms with E-state index in [9.17, 15) is 4.79 Å². The number of hydrogen-bond donors (Lipinski definition) is 3. The van der Waals surface area contributed by atoms with E-state index >= 15 is 0 Å². The number of guanidine groups is 1. The molecule has 0 aliphatic rings. The summed E-state index contributed by atoms with van der Waals surface area (Å²) in [6, 6.07) is 12.3. The Morgan fingerprint density at radius 2 is 1.93 bits per heavy atom. The van der Waals surface area contributed by atoms with Crippen LogP contribution in [0.2, 0.25) is 0 Å². The summed E-state index contributed by atoms with van der Waals surface area (Å²) in [6.07, 6.45) is 0.826. The number of rotatable bonds is 9. The highest BCUT2D eigenvalue weighted by Crippen LogP contribution is 2.16. The van der Waals surface area contributed by atoms with E-state index in [-0.39, 0.29) is 36.4 Å². The molecule has 1 aromatic carbocycles. The summed E-state index contributed by atoms with van der Waals surface area (Å²) in [7, 11) is 0. The molecule has 0 aliphatic heterocycles. The molecule has 0 fully saturated rings. The highest BCUT2D eigenvalue weighted by atomic mass is 127. The molecule has 1 aromatic heterocycles. The summed E-state index contributed by atoms with van der Waals surface area (Å²) in [5, 5.41) is 13.7. The van der Waals surface area contributed by atoms with Crippen molar-refractivity contribution in [1.82, 2.24) is 16.0 Å². The van der Waals surface area contributed by atoms with Gasteiger partial charge in [-0.15, -0.1) is 24.0 Å². The van der Waals surface area contributed by atoms with Crippen LogP contribution in [-0.2, 0) is 11.2 Å². The molecule has 148 valence electrons. The highest BCUT2D eigenvalue weighted by molar-refractivity contribution is 14.0. The first kappa shape index (κ1) is 23.4. The predicted octanol–water partition coefficient (Wildman–Crippen LogP) is 3.38. The Morgan fingerprint density at radius 1 is 1.15 bits per heavy atom. The van der Waals surface area contributed by atoms with Gasteiger partial charge in [-0.05, 0) is 47.2 Å². The number of thiophene rings is 1. The molecule has 1 heterocycles. The summed E-state index contributed by atoms with van der Waals surface area (Å²) in [6.45, 7) is 6.47. The van der Waals surface area contributed by atoms with Crippen LogP contribution in [0.4, 0.5) is 0 Å². The Hall–Kier alpha value is -1.61. The van der Waals surface area contributed by atoms with Crippen LogP contribution in [0.5, 0.6) is 0 Å². The van der Waals surface area contributed by atoms with E-state index < -0.39 is 0 Å². The van der Waals surface area contributed by atoms with Gasteiger partial charge in [0.2, 0.25) is 5.91 Å². The van der Waals surface area contributed by atoms with Crippen LogP contribution in [0, 0.1) is 0 Å². The maximum absolute atomic E-state index is 12.0. The Morgan fingerprint density at radius 3 is 2.59 bits per heavy atom. The number of nitrogens with one attached hydrogen (secondary N) is 3. The fraction of sp³-hybridized carbons (Fsp3) is 0.400. The quantitative estimate of drug-likeness (QED) is 0.281. The van der Waals surface area contributed by atoms with Crippen LogP contribution in [0.25, 0.3) is 0 Å². The van der Waals surface area contributed by atoms with E-state index in [2.05, 4.69) is 56.8 Å². The lowest BCUT2D eigenvalue weighted by molar-refractivity contribution is -0.119. The maximum Gasteiger partial charge on any atom is 0.241 e. The Kier molecular flexibility index (Phi) is 11.8. The van der Waals surface area contributed by atoms with E-state index in [0.717, 1.165) is 19.5 Å². The summed E-state index contributed by atoms with van der Waals surface area (Å²) in [5.41, 5.74) is 2.53. The normalized spacial score (nSPS) is 12.0. The van der Waals surface area contributed by atoms with Gasteiger partial charge in [-0.25, -0.2) is 4.99 Å². The number of benzene rings is 1. The number of nitrogens with zero attached hydrogens (tertiary/aromatic N) is 1. The standard InChI is InChI=1S/C20H28N4OS.HI/c1-3-21-20(23-13-16(2)18-10-12-26-15-18)24-14-19(25)22-11-9-17-7-5-4-6-8-17;/h4-8,10,12,15-16H,3,9,11,13-14H2,1-2H3,(H,22,25)(H2,21,23,24);1H. The van der Waals surface area contributed by atoms with Crippen molar-refractivity contribution in [2.24, 2.45) is 4.99 Å². The van der Waals surface area contributed by atoms with Crippen molar-refractivity contribution in [3.63, 3.8) is 0 Å². The number of carbonyl (C=O) groups excluding carboxylic acids is 1. The number of carbonyl (C=O) groups is 1. The van der Waals surface area contributed by atoms with E-state index in [1.54, 1.807) is 11.3 Å². The zero-order chi connectivity index (χ0) is 18.6. The van der Waals surface area contributed by atoms with Gasteiger partial charge in [-0.1, -0.05) is 37.3 Å². The van der Waals surface area contributed by atoms with Gasteiger partial charge in [0, 0.05) is 19.6 Å². The van der Waals surface area contributed by atoms with Crippen LogP contribution in [0.15, 0.2) is 52.2 Å². The molecule has 27 heavy (non-hydrogen) atoms. The first-order valence-electron chi connectivity index (χ1n) is 9.04. The van der Waals surface area contributed by atoms with E-state index in [0.29, 0.717) is 18.4 Å². The molecule has 1 amide bonds. The molecular weight excluding hydrogens is 471 g/mol. The Bertz CT molecular complexity index is 677. The zero-order valence-corrected chi connectivity index (χ0v) is 19.1. The second kappa shape index (κ2) is 13.5. The fourth-order valence-corrected chi connectivity index (χ4v) is 3.24. The minimum atomic E-state index is -0.0657. The topological polar surface area (TPSA) is 65.5 Å². The maximum atomic E-state index is 12.0. The highest BCUT2D eigenvalue weighted by Gasteiger charge is 2.07. The molecule has 0 bridgehead atoms. The molecule has 0 radical (unpaired) electrons. The summed E-state index contributed by atoms with van der Waals surface area (Å²) >= 11 is 1.71. The molecule has 0 saturated carbocycles. The van der Waals surface area contributed by atoms with Crippen molar-refractivity contribution in [2.75, 3.05) is 26.2 Å². The van der Waals surface area contributed by atoms with Crippen molar-refractivity contribution >= 4 is 47.2 Å². The van der Waals surface area contributed by atoms with Gasteiger partial charge in [0.1, 0.15) is 6.54 Å². The first-order valence-corrected chi connectivity index (χ1v) is 9.98. The van der Waals surface area contributed by atoms with Crippen LogP contribution in [-0.4, -0.2) is 38.0 Å². The van der Waals surface area contributed by atoms with Crippen molar-refractivity contribution in [3.05, 3.63) is 58.3 Å².